The molecule has 0 N–H and O–H groups in total. The van der Waals surface area contributed by atoms with E-state index in [2.05, 4.69) is 209 Å². The van der Waals surface area contributed by atoms with Gasteiger partial charge in [-0.25, -0.2) is 0 Å². The fourth-order valence-corrected chi connectivity index (χ4v) is 14.2. The van der Waals surface area contributed by atoms with E-state index in [1.165, 1.54) is 25.7 Å². The summed E-state index contributed by atoms with van der Waals surface area (Å²) in [6.45, 7) is 17.1. The monoisotopic (exact) mass is 1510 g/mol. The quantitative estimate of drug-likeness (QED) is 0.0268. The minimum atomic E-state index is 0.544. The molecule has 0 fully saturated rings. The van der Waals surface area contributed by atoms with E-state index < -0.39 is 0 Å². The van der Waals surface area contributed by atoms with E-state index in [9.17, 15) is 0 Å². The summed E-state index contributed by atoms with van der Waals surface area (Å²) in [5, 5.41) is 0. The van der Waals surface area contributed by atoms with Crippen LogP contribution in [0, 0.1) is 0 Å². The van der Waals surface area contributed by atoms with Gasteiger partial charge in [0.1, 0.15) is 57.5 Å². The number of unbranched alkanes of at least 4 members (excludes halogenated alkanes) is 18. The third-order valence-electron chi connectivity index (χ3n) is 20.7. The van der Waals surface area contributed by atoms with E-state index in [0.717, 1.165) is 276 Å². The maximum absolute atomic E-state index is 7.21. The molecular formula is C100H124N2O10. The Kier molecular flexibility index (Phi) is 34.6. The molecule has 0 heterocycles. The molecule has 1 aliphatic carbocycles. The number of benzene rings is 9. The van der Waals surface area contributed by atoms with Gasteiger partial charge in [0.2, 0.25) is 0 Å². The van der Waals surface area contributed by atoms with Gasteiger partial charge < -0.3 is 57.2 Å². The Bertz CT molecular complexity index is 4140. The molecule has 0 unspecified atom stereocenters. The lowest BCUT2D eigenvalue weighted by molar-refractivity contribution is 0.295. The van der Waals surface area contributed by atoms with Crippen molar-refractivity contribution in [2.75, 3.05) is 77.9 Å². The molecule has 12 heteroatoms. The van der Waals surface area contributed by atoms with Crippen molar-refractivity contribution in [1.29, 1.82) is 0 Å². The molecule has 9 aromatic rings. The van der Waals surface area contributed by atoms with E-state index >= 15 is 0 Å². The van der Waals surface area contributed by atoms with E-state index in [1.807, 2.05) is 48.5 Å². The first kappa shape index (κ1) is 84.3. The minimum absolute atomic E-state index is 0.544. The number of rotatable bonds is 51. The van der Waals surface area contributed by atoms with Crippen LogP contribution in [-0.2, 0) is 0 Å². The SMILES string of the molecule is CCCCCCOc1ccc(OCCCCCC)c(/C=C/c2cc(OCCCCCC)c(/C=C/c3cc(OCCCCCC)c(C=C4c5cc(N(c6ccc(OC)cc6)c6ccc(OC)cc6)ccc5-c5ccc(N(c6ccc(OC)cc6)c6ccc(OC)cc6)cc54)cc3OCCCCCC)cc2OCCCCCC)c1. The number of nitrogens with zero attached hydrogens (tertiary/aromatic N) is 2. The summed E-state index contributed by atoms with van der Waals surface area (Å²) in [4.78, 5) is 4.59. The standard InChI is InChI=1S/C100H124N2O10/c1-11-17-23-29-61-107-90-57-60-96(108-62-30-24-18-12-2)75(67-90)35-36-76-69-98(110-64-32-26-20-14-4)77(70-97(76)109-63-31-25-19-13-3)37-38-78-71-100(112-66-34-28-22-16-6)79(72-99(78)111-65-33-27-21-15-5)68-93-94-73-84(101(80-39-49-86(103-7)50-40-80)81-41-51-87(104-8)52-42-81)47-58-91(94)92-59-48-85(74-95(92)93)102(82-43-53-88(105-9)54-44-82)83-45-55-89(106-10)56-46-83/h35-60,67-74H,11-34,61-66H2,1-10H3/b36-35+,38-37+. The zero-order valence-corrected chi connectivity index (χ0v) is 68.8. The third-order valence-corrected chi connectivity index (χ3v) is 20.7. The molecule has 0 aliphatic heterocycles. The second-order valence-electron chi connectivity index (χ2n) is 29.2. The van der Waals surface area contributed by atoms with Crippen LogP contribution in [-0.4, -0.2) is 68.1 Å². The Morgan fingerprint density at radius 1 is 0.223 bits per heavy atom. The number of methoxy groups -OCH3 is 4. The molecule has 0 amide bonds. The first-order valence-electron chi connectivity index (χ1n) is 41.9. The Morgan fingerprint density at radius 3 is 0.786 bits per heavy atom. The van der Waals surface area contributed by atoms with Crippen molar-refractivity contribution in [2.24, 2.45) is 0 Å². The third kappa shape index (κ3) is 24.2. The van der Waals surface area contributed by atoms with Gasteiger partial charge in [0.05, 0.1) is 68.1 Å². The van der Waals surface area contributed by atoms with Crippen molar-refractivity contribution in [3.05, 3.63) is 215 Å². The van der Waals surface area contributed by atoms with E-state index in [0.29, 0.717) is 39.6 Å². The number of fused-ring (bicyclic) bond motifs is 3. The zero-order chi connectivity index (χ0) is 78.5. The largest absolute Gasteiger partial charge is 0.497 e. The summed E-state index contributed by atoms with van der Waals surface area (Å²) < 4.78 is 64.1. The van der Waals surface area contributed by atoms with Crippen molar-refractivity contribution in [3.8, 4) is 68.6 Å². The molecule has 0 aromatic heterocycles. The fourth-order valence-electron chi connectivity index (χ4n) is 14.2. The molecule has 9 aromatic carbocycles. The lowest BCUT2D eigenvalue weighted by atomic mass is 9.98. The van der Waals surface area contributed by atoms with Crippen LogP contribution in [0.25, 0.3) is 47.1 Å². The summed E-state index contributed by atoms with van der Waals surface area (Å²) in [5.41, 5.74) is 15.9. The smallest absolute Gasteiger partial charge is 0.127 e. The summed E-state index contributed by atoms with van der Waals surface area (Å²) in [5.74, 6) is 7.88. The lowest BCUT2D eigenvalue weighted by Gasteiger charge is -2.26. The van der Waals surface area contributed by atoms with E-state index in [1.54, 1.807) is 28.4 Å². The molecule has 0 spiro atoms. The van der Waals surface area contributed by atoms with Gasteiger partial charge in [-0.05, 0) is 236 Å². The molecule has 112 heavy (non-hydrogen) atoms. The highest BCUT2D eigenvalue weighted by Crippen LogP contribution is 2.52. The zero-order valence-electron chi connectivity index (χ0n) is 68.8. The Morgan fingerprint density at radius 2 is 0.482 bits per heavy atom. The van der Waals surface area contributed by atoms with Gasteiger partial charge in [-0.1, -0.05) is 194 Å². The van der Waals surface area contributed by atoms with Gasteiger partial charge in [-0.15, -0.1) is 0 Å². The fraction of sp³-hybridized carbons (Fsp3) is 0.400. The first-order valence-corrected chi connectivity index (χ1v) is 41.9. The van der Waals surface area contributed by atoms with Gasteiger partial charge in [0, 0.05) is 61.9 Å². The Hall–Kier alpha value is -10.2. The molecular weight excluding hydrogens is 1390 g/mol. The highest BCUT2D eigenvalue weighted by atomic mass is 16.5. The van der Waals surface area contributed by atoms with Gasteiger partial charge >= 0.3 is 0 Å². The number of ether oxygens (including phenoxy) is 10. The van der Waals surface area contributed by atoms with E-state index in [-0.39, 0.29) is 0 Å². The number of hydrogen-bond donors (Lipinski definition) is 0. The minimum Gasteiger partial charge on any atom is -0.497 e. The molecule has 0 radical (unpaired) electrons. The molecule has 10 rings (SSSR count). The van der Waals surface area contributed by atoms with Crippen molar-refractivity contribution < 1.29 is 47.4 Å². The van der Waals surface area contributed by atoms with Crippen molar-refractivity contribution >= 4 is 70.1 Å². The molecule has 1 aliphatic rings. The first-order chi connectivity index (χ1) is 55.1. The Balaban J connectivity index is 1.16. The average Bonchev–Trinajstić information content (AvgIpc) is 1.56. The molecule has 12 nitrogen and oxygen atoms in total. The highest BCUT2D eigenvalue weighted by Gasteiger charge is 2.29. The summed E-state index contributed by atoms with van der Waals surface area (Å²) >= 11 is 0. The van der Waals surface area contributed by atoms with Gasteiger partial charge in [-0.2, -0.15) is 0 Å². The predicted octanol–water partition coefficient (Wildman–Crippen LogP) is 28.3. The van der Waals surface area contributed by atoms with Gasteiger partial charge in [0.15, 0.2) is 0 Å². The normalized spacial score (nSPS) is 11.6. The highest BCUT2D eigenvalue weighted by molar-refractivity contribution is 6.09. The number of anilines is 6. The maximum Gasteiger partial charge on any atom is 0.127 e. The average molecular weight is 1510 g/mol. The maximum atomic E-state index is 7.21. The topological polar surface area (TPSA) is 98.8 Å². The van der Waals surface area contributed by atoms with Crippen LogP contribution >= 0.6 is 0 Å². The van der Waals surface area contributed by atoms with Crippen LogP contribution in [0.1, 0.15) is 235 Å². The van der Waals surface area contributed by atoms with Crippen LogP contribution in [0.3, 0.4) is 0 Å². The molecule has 0 saturated carbocycles. The molecule has 0 saturated heterocycles. The summed E-state index contributed by atoms with van der Waals surface area (Å²) in [7, 11) is 6.81. The van der Waals surface area contributed by atoms with E-state index in [4.69, 9.17) is 47.4 Å². The van der Waals surface area contributed by atoms with Crippen LogP contribution in [0.2, 0.25) is 0 Å². The Labute approximate surface area is 670 Å². The number of hydrogen-bond acceptors (Lipinski definition) is 12. The van der Waals surface area contributed by atoms with Gasteiger partial charge in [-0.3, -0.25) is 0 Å². The van der Waals surface area contributed by atoms with Crippen LogP contribution < -0.4 is 57.2 Å². The van der Waals surface area contributed by atoms with Crippen molar-refractivity contribution in [1.82, 2.24) is 0 Å². The molecule has 0 atom stereocenters. The predicted molar refractivity (Wildman–Crippen MR) is 469 cm³/mol. The summed E-state index contributed by atoms with van der Waals surface area (Å²) in [6.07, 6.45) is 37.3. The van der Waals surface area contributed by atoms with Crippen LogP contribution in [0.15, 0.2) is 176 Å². The van der Waals surface area contributed by atoms with Crippen LogP contribution in [0.5, 0.6) is 57.5 Å². The molecule has 0 bridgehead atoms. The summed E-state index contributed by atoms with van der Waals surface area (Å²) in [6, 6.07) is 61.7. The van der Waals surface area contributed by atoms with Crippen molar-refractivity contribution in [3.63, 3.8) is 0 Å². The second kappa shape index (κ2) is 46.0. The lowest BCUT2D eigenvalue weighted by Crippen LogP contribution is -2.10. The van der Waals surface area contributed by atoms with Gasteiger partial charge in [0.25, 0.3) is 0 Å². The van der Waals surface area contributed by atoms with Crippen molar-refractivity contribution in [2.45, 2.75) is 196 Å². The second-order valence-corrected chi connectivity index (χ2v) is 29.2. The molecule has 594 valence electrons. The van der Waals surface area contributed by atoms with Crippen LogP contribution in [0.4, 0.5) is 34.1 Å².